The van der Waals surface area contributed by atoms with Crippen molar-refractivity contribution >= 4 is 21.9 Å². The van der Waals surface area contributed by atoms with E-state index in [0.717, 1.165) is 22.3 Å². The summed E-state index contributed by atoms with van der Waals surface area (Å²) in [4.78, 5) is 4.47. The van der Waals surface area contributed by atoms with Gasteiger partial charge >= 0.3 is 0 Å². The van der Waals surface area contributed by atoms with E-state index in [9.17, 15) is 5.11 Å². The predicted molar refractivity (Wildman–Crippen MR) is 106 cm³/mol. The molecule has 0 bridgehead atoms. The number of nitrogens with zero attached hydrogens (tertiary/aromatic N) is 3. The lowest BCUT2D eigenvalue weighted by Crippen LogP contribution is -2.40. The van der Waals surface area contributed by atoms with E-state index in [1.54, 1.807) is 24.0 Å². The number of hydrogen-bond acceptors (Lipinski definition) is 4. The second kappa shape index (κ2) is 9.59. The van der Waals surface area contributed by atoms with E-state index in [0.29, 0.717) is 19.1 Å². The summed E-state index contributed by atoms with van der Waals surface area (Å²) in [6.45, 7) is 5.77. The monoisotopic (exact) mass is 423 g/mol. The summed E-state index contributed by atoms with van der Waals surface area (Å²) in [5.41, 5.74) is -0.346. The van der Waals surface area contributed by atoms with Gasteiger partial charge in [0.2, 0.25) is 0 Å². The van der Waals surface area contributed by atoms with E-state index < -0.39 is 5.60 Å². The fourth-order valence-corrected chi connectivity index (χ4v) is 2.64. The van der Waals surface area contributed by atoms with Crippen LogP contribution < -0.4 is 15.4 Å². The van der Waals surface area contributed by atoms with E-state index >= 15 is 0 Å². The molecule has 0 radical (unpaired) electrons. The van der Waals surface area contributed by atoms with Crippen LogP contribution >= 0.6 is 15.9 Å². The van der Waals surface area contributed by atoms with Crippen molar-refractivity contribution in [2.24, 2.45) is 12.0 Å². The summed E-state index contributed by atoms with van der Waals surface area (Å²) in [7, 11) is 1.82. The normalized spacial score (nSPS) is 14.0. The Bertz CT molecular complexity index is 730. The average molecular weight is 424 g/mol. The first-order chi connectivity index (χ1) is 12.4. The van der Waals surface area contributed by atoms with Gasteiger partial charge in [-0.1, -0.05) is 22.0 Å². The van der Waals surface area contributed by atoms with Crippen molar-refractivity contribution in [1.82, 2.24) is 20.4 Å². The topological polar surface area (TPSA) is 83.7 Å². The summed E-state index contributed by atoms with van der Waals surface area (Å²) in [6, 6.07) is 7.72. The zero-order valence-corrected chi connectivity index (χ0v) is 17.0. The second-order valence-electron chi connectivity index (χ2n) is 6.10. The molecular weight excluding hydrogens is 398 g/mol. The molecule has 1 aromatic carbocycles. The van der Waals surface area contributed by atoms with E-state index in [-0.39, 0.29) is 6.54 Å². The number of ether oxygens (including phenoxy) is 1. The van der Waals surface area contributed by atoms with Crippen LogP contribution in [0.2, 0.25) is 0 Å². The Kier molecular flexibility index (Phi) is 7.47. The molecule has 0 aliphatic heterocycles. The van der Waals surface area contributed by atoms with Crippen LogP contribution in [-0.4, -0.2) is 47.1 Å². The third kappa shape index (κ3) is 6.34. The third-order valence-electron chi connectivity index (χ3n) is 3.68. The first-order valence-corrected chi connectivity index (χ1v) is 9.32. The molecule has 26 heavy (non-hydrogen) atoms. The molecule has 0 spiro atoms. The Morgan fingerprint density at radius 1 is 1.42 bits per heavy atom. The number of halogens is 1. The maximum atomic E-state index is 10.6. The van der Waals surface area contributed by atoms with Gasteiger partial charge in [0, 0.05) is 29.8 Å². The fourth-order valence-electron chi connectivity index (χ4n) is 2.26. The van der Waals surface area contributed by atoms with Crippen LogP contribution in [0.4, 0.5) is 0 Å². The van der Waals surface area contributed by atoms with Crippen LogP contribution in [0.5, 0.6) is 5.75 Å². The van der Waals surface area contributed by atoms with Gasteiger partial charge in [-0.3, -0.25) is 4.68 Å². The Morgan fingerprint density at radius 2 is 2.23 bits per heavy atom. The molecule has 8 heteroatoms. The largest absolute Gasteiger partial charge is 0.492 e. The molecule has 0 aliphatic carbocycles. The van der Waals surface area contributed by atoms with Crippen molar-refractivity contribution in [3.63, 3.8) is 0 Å². The molecule has 0 aliphatic rings. The van der Waals surface area contributed by atoms with E-state index in [1.807, 2.05) is 38.2 Å². The molecular formula is C18H26BrN5O2. The second-order valence-corrected chi connectivity index (χ2v) is 7.02. The number of guanidine groups is 1. The number of aromatic nitrogens is 2. The SMILES string of the molecule is CCNC(=NCC(C)(O)c1cnn(C)c1)NCCOc1cccc(Br)c1. The van der Waals surface area contributed by atoms with Gasteiger partial charge in [0.15, 0.2) is 5.96 Å². The van der Waals surface area contributed by atoms with Gasteiger partial charge in [-0.05, 0) is 32.0 Å². The highest BCUT2D eigenvalue weighted by Crippen LogP contribution is 2.20. The van der Waals surface area contributed by atoms with Crippen LogP contribution in [0.25, 0.3) is 0 Å². The Balaban J connectivity index is 1.86. The number of aliphatic hydroxyl groups is 1. The lowest BCUT2D eigenvalue weighted by molar-refractivity contribution is 0.0672. The van der Waals surface area contributed by atoms with Gasteiger partial charge in [0.1, 0.15) is 18.0 Å². The Morgan fingerprint density at radius 3 is 2.88 bits per heavy atom. The molecule has 0 saturated heterocycles. The third-order valence-corrected chi connectivity index (χ3v) is 4.17. The zero-order valence-electron chi connectivity index (χ0n) is 15.4. The Hall–Kier alpha value is -2.06. The molecule has 0 saturated carbocycles. The predicted octanol–water partition coefficient (Wildman–Crippen LogP) is 2.02. The highest BCUT2D eigenvalue weighted by molar-refractivity contribution is 9.10. The summed E-state index contributed by atoms with van der Waals surface area (Å²) in [5, 5.41) is 21.1. The maximum Gasteiger partial charge on any atom is 0.191 e. The lowest BCUT2D eigenvalue weighted by Gasteiger charge is -2.20. The van der Waals surface area contributed by atoms with Crippen molar-refractivity contribution in [3.8, 4) is 5.75 Å². The van der Waals surface area contributed by atoms with Crippen molar-refractivity contribution in [2.45, 2.75) is 19.4 Å². The molecule has 0 amide bonds. The minimum atomic E-state index is -1.08. The van der Waals surface area contributed by atoms with Crippen LogP contribution in [-0.2, 0) is 12.6 Å². The van der Waals surface area contributed by atoms with Gasteiger partial charge in [-0.15, -0.1) is 0 Å². The molecule has 3 N–H and O–H groups in total. The van der Waals surface area contributed by atoms with Crippen molar-refractivity contribution in [1.29, 1.82) is 0 Å². The molecule has 1 heterocycles. The first kappa shape index (κ1) is 20.3. The summed E-state index contributed by atoms with van der Waals surface area (Å²) in [6.07, 6.45) is 3.45. The summed E-state index contributed by atoms with van der Waals surface area (Å²) < 4.78 is 8.34. The fraction of sp³-hybridized carbons (Fsp3) is 0.444. The van der Waals surface area contributed by atoms with E-state index in [2.05, 4.69) is 36.7 Å². The molecule has 2 aromatic rings. The first-order valence-electron chi connectivity index (χ1n) is 8.53. The number of benzene rings is 1. The summed E-state index contributed by atoms with van der Waals surface area (Å²) >= 11 is 3.42. The van der Waals surface area contributed by atoms with Crippen molar-refractivity contribution in [3.05, 3.63) is 46.7 Å². The van der Waals surface area contributed by atoms with Crippen LogP contribution in [0.3, 0.4) is 0 Å². The number of nitrogens with one attached hydrogen (secondary N) is 2. The van der Waals surface area contributed by atoms with Crippen LogP contribution in [0.1, 0.15) is 19.4 Å². The van der Waals surface area contributed by atoms with Gasteiger partial charge in [-0.2, -0.15) is 5.10 Å². The van der Waals surface area contributed by atoms with Gasteiger partial charge < -0.3 is 20.5 Å². The maximum absolute atomic E-state index is 10.6. The minimum Gasteiger partial charge on any atom is -0.492 e. The number of aryl methyl sites for hydroxylation is 1. The molecule has 1 aromatic heterocycles. The minimum absolute atomic E-state index is 0.223. The Labute approximate surface area is 162 Å². The molecule has 142 valence electrons. The molecule has 2 rings (SSSR count). The van der Waals surface area contributed by atoms with Crippen molar-refractivity contribution in [2.75, 3.05) is 26.2 Å². The van der Waals surface area contributed by atoms with Crippen LogP contribution in [0.15, 0.2) is 46.1 Å². The average Bonchev–Trinajstić information content (AvgIpc) is 3.04. The number of hydrogen-bond donors (Lipinski definition) is 3. The smallest absolute Gasteiger partial charge is 0.191 e. The zero-order chi connectivity index (χ0) is 19.0. The molecule has 7 nitrogen and oxygen atoms in total. The van der Waals surface area contributed by atoms with Crippen LogP contribution in [0, 0.1) is 0 Å². The van der Waals surface area contributed by atoms with E-state index in [4.69, 9.17) is 4.74 Å². The van der Waals surface area contributed by atoms with Gasteiger partial charge in [-0.25, -0.2) is 4.99 Å². The van der Waals surface area contributed by atoms with Gasteiger partial charge in [0.25, 0.3) is 0 Å². The summed E-state index contributed by atoms with van der Waals surface area (Å²) in [5.74, 6) is 1.44. The van der Waals surface area contributed by atoms with Crippen molar-refractivity contribution < 1.29 is 9.84 Å². The highest BCUT2D eigenvalue weighted by atomic mass is 79.9. The molecule has 1 unspecified atom stereocenters. The quantitative estimate of drug-likeness (QED) is 0.343. The standard InChI is InChI=1S/C18H26BrN5O2/c1-4-20-17(21-8-9-26-16-7-5-6-15(19)10-16)22-13-18(2,25)14-11-23-24(3)12-14/h5-7,10-12,25H,4,8-9,13H2,1-3H3,(H2,20,21,22). The number of aliphatic imine (C=N–C) groups is 1. The highest BCUT2D eigenvalue weighted by Gasteiger charge is 2.24. The number of rotatable bonds is 8. The lowest BCUT2D eigenvalue weighted by atomic mass is 10.0. The molecule has 0 fully saturated rings. The van der Waals surface area contributed by atoms with Gasteiger partial charge in [0.05, 0.1) is 19.3 Å². The molecule has 1 atom stereocenters. The van der Waals surface area contributed by atoms with E-state index in [1.165, 1.54) is 0 Å².